The van der Waals surface area contributed by atoms with Crippen molar-refractivity contribution in [2.75, 3.05) is 55.9 Å². The van der Waals surface area contributed by atoms with Gasteiger partial charge >= 0.3 is 18.0 Å². The van der Waals surface area contributed by atoms with Gasteiger partial charge in [-0.15, -0.1) is 0 Å². The molecule has 3 aliphatic heterocycles. The van der Waals surface area contributed by atoms with Crippen molar-refractivity contribution < 1.29 is 67.6 Å². The van der Waals surface area contributed by atoms with Gasteiger partial charge in [-0.05, 0) is 91.5 Å². The van der Waals surface area contributed by atoms with Crippen molar-refractivity contribution in [3.05, 3.63) is 74.6 Å². The molecule has 1 aliphatic carbocycles. The number of hydrogen-bond donors (Lipinski definition) is 16. The minimum Gasteiger partial charge on any atom is -0.480 e. The van der Waals surface area contributed by atoms with Gasteiger partial charge in [-0.1, -0.05) is 21.6 Å². The molecule has 4 aliphatic rings. The summed E-state index contributed by atoms with van der Waals surface area (Å²) in [6, 6.07) is 0.384. The van der Waals surface area contributed by atoms with Crippen molar-refractivity contribution in [3.63, 3.8) is 0 Å². The monoisotopic (exact) mass is 1300 g/mol. The molecule has 35 heteroatoms. The molecule has 3 aromatic rings. The Hall–Kier alpha value is -8.93. The molecular weight excluding hydrogens is 1230 g/mol. The summed E-state index contributed by atoms with van der Waals surface area (Å²) in [5.41, 5.74) is 14.0. The number of aromatic amines is 1. The third-order valence-electron chi connectivity index (χ3n) is 15.7. The number of ketones is 3. The minimum absolute atomic E-state index is 0.00173. The van der Waals surface area contributed by atoms with Crippen LogP contribution >= 0.6 is 21.6 Å². The van der Waals surface area contributed by atoms with Crippen LogP contribution in [0.3, 0.4) is 0 Å². The Labute approximate surface area is 528 Å². The number of H-pyrrole nitrogens is 1. The van der Waals surface area contributed by atoms with E-state index in [9.17, 15) is 57.8 Å². The topological polar surface area (TPSA) is 524 Å². The van der Waals surface area contributed by atoms with Gasteiger partial charge in [0.15, 0.2) is 28.6 Å². The van der Waals surface area contributed by atoms with Crippen LogP contribution in [-0.2, 0) is 54.4 Å². The van der Waals surface area contributed by atoms with Crippen LogP contribution in [0, 0.1) is 11.3 Å². The number of allylic oxidation sites excluding steroid dienone is 2. The molecule has 0 saturated carbocycles. The Balaban J connectivity index is 0.972. The number of carbonyl (C=O) groups is 10. The number of carbonyl (C=O) groups excluding carboxylic acids is 8. The maximum absolute atomic E-state index is 14.6. The molecule has 2 saturated heterocycles. The number of aromatic nitrogens is 4. The van der Waals surface area contributed by atoms with Gasteiger partial charge in [0.05, 0.1) is 53.4 Å². The van der Waals surface area contributed by atoms with E-state index >= 15 is 0 Å². The Morgan fingerprint density at radius 3 is 2.27 bits per heavy atom. The highest BCUT2D eigenvalue weighted by atomic mass is 33.1. The number of nitrogens with two attached hydrogens (primary N) is 3. The molecule has 492 valence electrons. The zero-order valence-electron chi connectivity index (χ0n) is 51.0. The summed E-state index contributed by atoms with van der Waals surface area (Å²) in [5.74, 6) is -8.37. The fraction of sp³-hybridized carbons (Fsp3) is 0.518. The molecule has 0 unspecified atom stereocenters. The molecule has 2 aromatic heterocycles. The van der Waals surface area contributed by atoms with E-state index in [1.807, 2.05) is 13.8 Å². The van der Waals surface area contributed by atoms with Crippen molar-refractivity contribution in [1.82, 2.24) is 67.4 Å². The van der Waals surface area contributed by atoms with E-state index < -0.39 is 119 Å². The van der Waals surface area contributed by atoms with Crippen LogP contribution in [0.15, 0.2) is 57.8 Å². The number of nitrogens with one attached hydrogen (secondary N) is 11. The molecule has 0 spiro atoms. The third-order valence-corrected chi connectivity index (χ3v) is 18.1. The van der Waals surface area contributed by atoms with Gasteiger partial charge in [-0.3, -0.25) is 58.9 Å². The zero-order valence-corrected chi connectivity index (χ0v) is 52.6. The maximum Gasteiger partial charge on any atom is 0.404 e. The molecule has 5 amide bonds. The number of aliphatic carboxylic acids is 2. The predicted molar refractivity (Wildman–Crippen MR) is 332 cm³/mol. The SMILES string of the molecule is CO[C@@]12[C@H](COC(N)=O)C3=C(C(=O)C(C)=C(NC(C)(C)CCSSC[C@H](NC(=O)[C@H](CCCNC(=N)N)NC(C)(C)C(=O)CC[C@H](NC(=O)c4ccc(NCc5cnc6nc(N)[nH]c(=O)c6n5)cc4)C(=O)O)C(=O)N[C@@H](C)C(=O)NCC(=O)O)C3=O)N1C[C@@H]1N[C@@H]12. The van der Waals surface area contributed by atoms with E-state index in [-0.39, 0.29) is 114 Å². The van der Waals surface area contributed by atoms with Crippen LogP contribution in [0.25, 0.3) is 11.2 Å². The lowest BCUT2D eigenvalue weighted by Crippen LogP contribution is -2.60. The average molecular weight is 1310 g/mol. The molecule has 1 aromatic carbocycles. The van der Waals surface area contributed by atoms with E-state index in [2.05, 4.69) is 67.8 Å². The van der Waals surface area contributed by atoms with E-state index in [1.165, 1.54) is 67.8 Å². The normalized spacial score (nSPS) is 19.6. The van der Waals surface area contributed by atoms with Gasteiger partial charge in [-0.25, -0.2) is 19.6 Å². The first-order valence-electron chi connectivity index (χ1n) is 28.8. The number of rotatable bonds is 34. The molecule has 8 atom stereocenters. The first-order chi connectivity index (χ1) is 42.9. The molecule has 0 radical (unpaired) electrons. The summed E-state index contributed by atoms with van der Waals surface area (Å²) in [7, 11) is 3.95. The second-order valence-electron chi connectivity index (χ2n) is 23.2. The highest BCUT2D eigenvalue weighted by molar-refractivity contribution is 8.76. The summed E-state index contributed by atoms with van der Waals surface area (Å²) in [4.78, 5) is 162. The Kier molecular flexibility index (Phi) is 22.4. The number of nitrogen functional groups attached to an aromatic ring is 1. The number of carboxylic acid groups (broad SMARTS) is 2. The molecule has 5 heterocycles. The van der Waals surface area contributed by atoms with Gasteiger partial charge in [0.1, 0.15) is 31.3 Å². The number of amides is 5. The lowest BCUT2D eigenvalue weighted by molar-refractivity contribution is -0.140. The average Bonchev–Trinajstić information content (AvgIpc) is 1.50. The molecule has 0 bridgehead atoms. The van der Waals surface area contributed by atoms with Crippen molar-refractivity contribution >= 4 is 109 Å². The summed E-state index contributed by atoms with van der Waals surface area (Å²) in [6.45, 7) is 9.07. The highest BCUT2D eigenvalue weighted by Gasteiger charge is 2.73. The number of methoxy groups -OCH3 is 1. The van der Waals surface area contributed by atoms with E-state index in [4.69, 9.17) is 37.2 Å². The number of carboxylic acids is 2. The van der Waals surface area contributed by atoms with Crippen LogP contribution < -0.4 is 70.6 Å². The zero-order chi connectivity index (χ0) is 66.9. The second kappa shape index (κ2) is 29.4. The number of primary amides is 1. The van der Waals surface area contributed by atoms with E-state index in [1.54, 1.807) is 24.0 Å². The second-order valence-corrected chi connectivity index (χ2v) is 25.9. The lowest BCUT2D eigenvalue weighted by atomic mass is 9.82. The fourth-order valence-electron chi connectivity index (χ4n) is 10.9. The number of ether oxygens (including phenoxy) is 2. The van der Waals surface area contributed by atoms with Crippen LogP contribution in [0.4, 0.5) is 16.4 Å². The lowest BCUT2D eigenvalue weighted by Gasteiger charge is -2.39. The van der Waals surface area contributed by atoms with Gasteiger partial charge in [0.2, 0.25) is 35.2 Å². The number of nitrogens with zero attached hydrogens (tertiary/aromatic N) is 4. The van der Waals surface area contributed by atoms with E-state index in [0.717, 1.165) is 0 Å². The number of fused-ring (bicyclic) bond motifs is 5. The van der Waals surface area contributed by atoms with Crippen molar-refractivity contribution in [3.8, 4) is 0 Å². The maximum atomic E-state index is 14.6. The van der Waals surface area contributed by atoms with Crippen molar-refractivity contribution in [2.45, 2.75) is 133 Å². The van der Waals surface area contributed by atoms with E-state index in [0.29, 0.717) is 30.1 Å². The van der Waals surface area contributed by atoms with Gasteiger partial charge in [0, 0.05) is 72.1 Å². The highest BCUT2D eigenvalue weighted by Crippen LogP contribution is 2.56. The first kappa shape index (κ1) is 69.5. The minimum atomic E-state index is -1.55. The van der Waals surface area contributed by atoms with Crippen LogP contribution in [0.1, 0.15) is 89.7 Å². The molecular formula is C56H76N18O15S2. The Morgan fingerprint density at radius 1 is 0.912 bits per heavy atom. The molecule has 2 fully saturated rings. The number of anilines is 2. The van der Waals surface area contributed by atoms with Gasteiger partial charge in [-0.2, -0.15) is 4.98 Å². The standard InChI is InChI=1S/C56H76N18O15S2/c1-25-38(42(79)37-30(23-89-53(60)87)56(88-7)43-33(67-43)22-74(56)40(37)41(25)78)73-54(3,4)16-18-90-91-24-34(48(83)65-26(2)45(80)64-21-36(76)77)69-47(82)31(9-8-17-61-51(57)58)72-55(5,6)35(75)15-14-32(50(85)86)68-46(81)27-10-12-28(13-11-27)62-19-29-20-63-44-39(66-29)49(84)71-52(59)70-44/h10-13,20,26,30-34,43,62,67,72-73H,8-9,14-19,21-24H2,1-7H3,(H2,60,87)(H,64,80)(H,65,83)(H,68,81)(H,69,82)(H,76,77)(H,85,86)(H4,57,58,61)(H3,59,63,70,71,84)/t26-,30+,31-,32-,33-,34-,43-,56+/m0/s1. The Morgan fingerprint density at radius 2 is 1.62 bits per heavy atom. The predicted octanol–water partition coefficient (Wildman–Crippen LogP) is -1.83. The van der Waals surface area contributed by atoms with Gasteiger partial charge < -0.3 is 84.3 Å². The fourth-order valence-corrected chi connectivity index (χ4v) is 13.3. The summed E-state index contributed by atoms with van der Waals surface area (Å²) in [6.07, 6.45) is 0.174. The number of guanidine groups is 1. The smallest absolute Gasteiger partial charge is 0.404 e. The molecule has 7 rings (SSSR count). The molecule has 19 N–H and O–H groups in total. The number of Topliss-reactive ketones (excluding diaryl/α,β-unsaturated/α-hetero) is 3. The van der Waals surface area contributed by atoms with Gasteiger partial charge in [0.25, 0.3) is 11.5 Å². The summed E-state index contributed by atoms with van der Waals surface area (Å²) >= 11 is 0. The van der Waals surface area contributed by atoms with Crippen LogP contribution in [0.5, 0.6) is 0 Å². The number of benzene rings is 1. The largest absolute Gasteiger partial charge is 0.480 e. The number of hydrogen-bond acceptors (Lipinski definition) is 25. The Bertz CT molecular complexity index is 3510. The van der Waals surface area contributed by atoms with Crippen LogP contribution in [-0.4, -0.2) is 198 Å². The summed E-state index contributed by atoms with van der Waals surface area (Å²) < 4.78 is 11.3. The third kappa shape index (κ3) is 16.9. The first-order valence-corrected chi connectivity index (χ1v) is 31.3. The number of piperazine rings is 1. The molecule has 33 nitrogen and oxygen atoms in total. The molecule has 91 heavy (non-hydrogen) atoms. The quantitative estimate of drug-likeness (QED) is 0.00781. The van der Waals surface area contributed by atoms with Crippen molar-refractivity contribution in [1.29, 1.82) is 5.41 Å². The van der Waals surface area contributed by atoms with Crippen LogP contribution in [0.2, 0.25) is 0 Å². The van der Waals surface area contributed by atoms with Crippen molar-refractivity contribution in [2.24, 2.45) is 17.4 Å². The summed E-state index contributed by atoms with van der Waals surface area (Å²) in [5, 5.41) is 52.1.